The Balaban J connectivity index is 3.33. The molecule has 3 nitrogen and oxygen atoms in total. The highest BCUT2D eigenvalue weighted by Crippen LogP contribution is 2.32. The summed E-state index contributed by atoms with van der Waals surface area (Å²) in [5.41, 5.74) is 0.590. The van der Waals surface area contributed by atoms with Crippen molar-refractivity contribution < 1.29 is 14.7 Å². The van der Waals surface area contributed by atoms with Gasteiger partial charge < -0.3 is 5.11 Å². The third-order valence-electron chi connectivity index (χ3n) is 1.62. The summed E-state index contributed by atoms with van der Waals surface area (Å²) < 4.78 is 0. The second-order valence-electron chi connectivity index (χ2n) is 2.43. The van der Waals surface area contributed by atoms with E-state index in [0.29, 0.717) is 23.0 Å². The second-order valence-corrected chi connectivity index (χ2v) is 3.46. The molecular weight excluding hydrogens is 200 g/mol. The average Bonchev–Trinajstić information content (AvgIpc) is 2.50. The van der Waals surface area contributed by atoms with Gasteiger partial charge in [0.1, 0.15) is 0 Å². The monoisotopic (exact) mass is 208 g/mol. The Kier molecular flexibility index (Phi) is 3.36. The van der Waals surface area contributed by atoms with Crippen molar-refractivity contribution in [2.24, 2.45) is 0 Å². The fourth-order valence-electron chi connectivity index (χ4n) is 1.000. The number of aldehydes is 2. The summed E-state index contributed by atoms with van der Waals surface area (Å²) in [5.74, 6) is 0. The van der Waals surface area contributed by atoms with Crippen LogP contribution in [0.5, 0.6) is 5.06 Å². The third kappa shape index (κ3) is 1.80. The van der Waals surface area contributed by atoms with Crippen molar-refractivity contribution >= 4 is 30.0 Å². The van der Waals surface area contributed by atoms with E-state index in [1.165, 1.54) is 6.08 Å². The first-order chi connectivity index (χ1) is 6.74. The van der Waals surface area contributed by atoms with E-state index >= 15 is 0 Å². The zero-order chi connectivity index (χ0) is 10.6. The van der Waals surface area contributed by atoms with Crippen LogP contribution in [0.15, 0.2) is 18.7 Å². The molecule has 0 amide bonds. The zero-order valence-electron chi connectivity index (χ0n) is 7.27. The Morgan fingerprint density at radius 2 is 1.93 bits per heavy atom. The molecule has 4 heteroatoms. The molecule has 0 bridgehead atoms. The average molecular weight is 208 g/mol. The van der Waals surface area contributed by atoms with E-state index in [1.807, 2.05) is 0 Å². The van der Waals surface area contributed by atoms with Crippen LogP contribution in [0.4, 0.5) is 0 Å². The minimum atomic E-state index is -0.134. The molecular formula is C10H8O3S. The largest absolute Gasteiger partial charge is 0.499 e. The lowest BCUT2D eigenvalue weighted by atomic mass is 10.1. The van der Waals surface area contributed by atoms with Gasteiger partial charge in [0, 0.05) is 5.56 Å². The van der Waals surface area contributed by atoms with Crippen LogP contribution < -0.4 is 0 Å². The number of hydrogen-bond acceptors (Lipinski definition) is 4. The summed E-state index contributed by atoms with van der Waals surface area (Å²) in [6.07, 6.45) is 5.83. The molecule has 0 saturated carbocycles. The standard InChI is InChI=1S/C10H8O3S/c1-2-3-4-7-8(5-11)10(13)14-9(7)6-12/h2-6,13H,1H2. The summed E-state index contributed by atoms with van der Waals surface area (Å²) in [7, 11) is 0. The van der Waals surface area contributed by atoms with Gasteiger partial charge in [-0.15, -0.1) is 0 Å². The van der Waals surface area contributed by atoms with E-state index in [1.54, 1.807) is 12.2 Å². The molecule has 14 heavy (non-hydrogen) atoms. The number of hydrogen-bond donors (Lipinski definition) is 1. The van der Waals surface area contributed by atoms with Crippen LogP contribution in [0.25, 0.3) is 6.08 Å². The smallest absolute Gasteiger partial charge is 0.183 e. The Hall–Kier alpha value is -1.68. The Morgan fingerprint density at radius 1 is 1.21 bits per heavy atom. The summed E-state index contributed by atoms with van der Waals surface area (Å²) in [4.78, 5) is 21.5. The molecule has 1 N–H and O–H groups in total. The van der Waals surface area contributed by atoms with E-state index < -0.39 is 0 Å². The molecule has 72 valence electrons. The molecule has 0 radical (unpaired) electrons. The van der Waals surface area contributed by atoms with Crippen molar-refractivity contribution in [2.75, 3.05) is 0 Å². The fourth-order valence-corrected chi connectivity index (χ4v) is 1.81. The van der Waals surface area contributed by atoms with Gasteiger partial charge in [0.05, 0.1) is 10.4 Å². The number of thiophene rings is 1. The van der Waals surface area contributed by atoms with Crippen LogP contribution in [-0.4, -0.2) is 17.7 Å². The maximum absolute atomic E-state index is 10.6. The van der Waals surface area contributed by atoms with Gasteiger partial charge in [-0.25, -0.2) is 0 Å². The summed E-state index contributed by atoms with van der Waals surface area (Å²) >= 11 is 0.887. The van der Waals surface area contributed by atoms with Crippen LogP contribution in [0.3, 0.4) is 0 Å². The highest BCUT2D eigenvalue weighted by molar-refractivity contribution is 7.16. The van der Waals surface area contributed by atoms with E-state index in [4.69, 9.17) is 0 Å². The Bertz CT molecular complexity index is 402. The van der Waals surface area contributed by atoms with Crippen molar-refractivity contribution in [3.05, 3.63) is 34.7 Å². The van der Waals surface area contributed by atoms with E-state index in [-0.39, 0.29) is 10.6 Å². The molecule has 0 aliphatic rings. The first-order valence-corrected chi connectivity index (χ1v) is 4.61. The third-order valence-corrected chi connectivity index (χ3v) is 2.57. The molecule has 0 unspecified atom stereocenters. The molecule has 0 aliphatic heterocycles. The highest BCUT2D eigenvalue weighted by atomic mass is 32.1. The molecule has 1 aromatic heterocycles. The van der Waals surface area contributed by atoms with Gasteiger partial charge >= 0.3 is 0 Å². The van der Waals surface area contributed by atoms with Crippen LogP contribution in [-0.2, 0) is 0 Å². The minimum absolute atomic E-state index is 0.134. The minimum Gasteiger partial charge on any atom is -0.499 e. The van der Waals surface area contributed by atoms with Crippen molar-refractivity contribution in [2.45, 2.75) is 0 Å². The van der Waals surface area contributed by atoms with Crippen molar-refractivity contribution in [1.82, 2.24) is 0 Å². The summed E-state index contributed by atoms with van der Waals surface area (Å²) in [5, 5.41) is 9.18. The van der Waals surface area contributed by atoms with Gasteiger partial charge in [0.2, 0.25) is 0 Å². The van der Waals surface area contributed by atoms with Gasteiger partial charge in [-0.2, -0.15) is 0 Å². The molecule has 0 spiro atoms. The molecule has 0 saturated heterocycles. The van der Waals surface area contributed by atoms with Gasteiger partial charge in [-0.05, 0) is 0 Å². The lowest BCUT2D eigenvalue weighted by Crippen LogP contribution is -1.83. The zero-order valence-corrected chi connectivity index (χ0v) is 8.08. The maximum Gasteiger partial charge on any atom is 0.183 e. The normalized spacial score (nSPS) is 10.3. The molecule has 0 fully saturated rings. The lowest BCUT2D eigenvalue weighted by Gasteiger charge is -1.90. The molecule has 0 atom stereocenters. The predicted molar refractivity (Wildman–Crippen MR) is 56.0 cm³/mol. The first kappa shape index (κ1) is 10.4. The fraction of sp³-hybridized carbons (Fsp3) is 0. The van der Waals surface area contributed by atoms with E-state index in [9.17, 15) is 14.7 Å². The van der Waals surface area contributed by atoms with Gasteiger partial charge in [0.15, 0.2) is 17.6 Å². The number of carbonyl (C=O) groups is 2. The van der Waals surface area contributed by atoms with Crippen molar-refractivity contribution in [3.8, 4) is 5.06 Å². The topological polar surface area (TPSA) is 54.4 Å². The molecule has 1 aromatic rings. The van der Waals surface area contributed by atoms with Crippen LogP contribution in [0, 0.1) is 0 Å². The molecule has 0 aliphatic carbocycles. The summed E-state index contributed by atoms with van der Waals surface area (Å²) in [6.45, 7) is 3.47. The number of carbonyl (C=O) groups excluding carboxylic acids is 2. The predicted octanol–water partition coefficient (Wildman–Crippen LogP) is 2.28. The SMILES string of the molecule is C=CC=Cc1c(C=O)sc(O)c1C=O. The first-order valence-electron chi connectivity index (χ1n) is 3.79. The summed E-state index contributed by atoms with van der Waals surface area (Å²) in [6, 6.07) is 0. The Labute approximate surface area is 85.0 Å². The Morgan fingerprint density at radius 3 is 2.43 bits per heavy atom. The number of rotatable bonds is 4. The van der Waals surface area contributed by atoms with Crippen LogP contribution >= 0.6 is 11.3 Å². The highest BCUT2D eigenvalue weighted by Gasteiger charge is 2.14. The number of aromatic hydroxyl groups is 1. The van der Waals surface area contributed by atoms with E-state index in [0.717, 1.165) is 11.3 Å². The van der Waals surface area contributed by atoms with Gasteiger partial charge in [-0.3, -0.25) is 9.59 Å². The number of allylic oxidation sites excluding steroid dienone is 2. The molecule has 1 heterocycles. The van der Waals surface area contributed by atoms with Crippen molar-refractivity contribution in [1.29, 1.82) is 0 Å². The van der Waals surface area contributed by atoms with Crippen molar-refractivity contribution in [3.63, 3.8) is 0 Å². The quantitative estimate of drug-likeness (QED) is 0.610. The second kappa shape index (κ2) is 4.53. The van der Waals surface area contributed by atoms with Gasteiger partial charge in [-0.1, -0.05) is 36.1 Å². The van der Waals surface area contributed by atoms with E-state index in [2.05, 4.69) is 6.58 Å². The molecule has 0 aromatic carbocycles. The lowest BCUT2D eigenvalue weighted by molar-refractivity contribution is 0.112. The van der Waals surface area contributed by atoms with Crippen LogP contribution in [0.1, 0.15) is 25.6 Å². The van der Waals surface area contributed by atoms with Crippen LogP contribution in [0.2, 0.25) is 0 Å². The molecule has 1 rings (SSSR count). The maximum atomic E-state index is 10.6. The van der Waals surface area contributed by atoms with Gasteiger partial charge in [0.25, 0.3) is 0 Å².